The lowest BCUT2D eigenvalue weighted by Crippen LogP contribution is -1.94. The maximum absolute atomic E-state index is 9.15. The molecule has 0 unspecified atom stereocenters. The summed E-state index contributed by atoms with van der Waals surface area (Å²) < 4.78 is 2.03. The van der Waals surface area contributed by atoms with Gasteiger partial charge in [-0.25, -0.2) is 4.98 Å². The summed E-state index contributed by atoms with van der Waals surface area (Å²) in [5.41, 5.74) is 7.49. The predicted octanol–water partition coefficient (Wildman–Crippen LogP) is 3.99. The number of nitriles is 1. The number of hydrogen-bond donors (Lipinski definition) is 0. The first kappa shape index (κ1) is 13.4. The molecule has 21 heavy (non-hydrogen) atoms. The van der Waals surface area contributed by atoms with E-state index >= 15 is 0 Å². The van der Waals surface area contributed by atoms with Crippen LogP contribution in [0.2, 0.25) is 0 Å². The van der Waals surface area contributed by atoms with E-state index in [1.54, 1.807) is 0 Å². The summed E-state index contributed by atoms with van der Waals surface area (Å²) in [7, 11) is 0. The van der Waals surface area contributed by atoms with Gasteiger partial charge in [0, 0.05) is 11.8 Å². The molecule has 0 aliphatic carbocycles. The van der Waals surface area contributed by atoms with E-state index in [0.717, 1.165) is 28.2 Å². The van der Waals surface area contributed by atoms with Gasteiger partial charge in [-0.2, -0.15) is 5.26 Å². The van der Waals surface area contributed by atoms with Gasteiger partial charge in [0.2, 0.25) is 0 Å². The molecule has 3 rings (SSSR count). The second-order valence-electron chi connectivity index (χ2n) is 5.43. The van der Waals surface area contributed by atoms with Crippen molar-refractivity contribution in [3.8, 4) is 17.3 Å². The molecule has 1 aromatic carbocycles. The third-order valence-electron chi connectivity index (χ3n) is 3.97. The molecule has 3 nitrogen and oxygen atoms in total. The van der Waals surface area contributed by atoms with Crippen LogP contribution in [-0.4, -0.2) is 9.38 Å². The second kappa shape index (κ2) is 5.06. The monoisotopic (exact) mass is 275 g/mol. The first-order chi connectivity index (χ1) is 10.1. The summed E-state index contributed by atoms with van der Waals surface area (Å²) in [5.74, 6) is 0. The summed E-state index contributed by atoms with van der Waals surface area (Å²) in [6.45, 7) is 6.25. The number of imidazole rings is 1. The summed E-state index contributed by atoms with van der Waals surface area (Å²) in [5, 5.41) is 9.15. The van der Waals surface area contributed by atoms with Crippen molar-refractivity contribution in [2.45, 2.75) is 27.2 Å². The van der Waals surface area contributed by atoms with Crippen molar-refractivity contribution >= 4 is 5.65 Å². The fraction of sp³-hybridized carbons (Fsp3) is 0.222. The molecule has 0 saturated heterocycles. The lowest BCUT2D eigenvalue weighted by atomic mass is 10.0. The zero-order chi connectivity index (χ0) is 15.0. The minimum atomic E-state index is 0.354. The van der Waals surface area contributed by atoms with Gasteiger partial charge in [-0.15, -0.1) is 0 Å². The van der Waals surface area contributed by atoms with Crippen molar-refractivity contribution in [3.05, 3.63) is 58.9 Å². The highest BCUT2D eigenvalue weighted by Gasteiger charge is 2.15. The lowest BCUT2D eigenvalue weighted by Gasteiger charge is -2.05. The Balaban J connectivity index is 2.31. The van der Waals surface area contributed by atoms with Crippen LogP contribution < -0.4 is 0 Å². The first-order valence-electron chi connectivity index (χ1n) is 7.03. The number of aryl methyl sites for hydroxylation is 3. The maximum Gasteiger partial charge on any atom is 0.140 e. The molecule has 2 aromatic heterocycles. The van der Waals surface area contributed by atoms with Gasteiger partial charge in [-0.05, 0) is 49.6 Å². The molecule has 2 heterocycles. The average Bonchev–Trinajstić information content (AvgIpc) is 2.83. The first-order valence-corrected chi connectivity index (χ1v) is 7.03. The Morgan fingerprint density at radius 1 is 1.10 bits per heavy atom. The Hall–Kier alpha value is -2.60. The largest absolute Gasteiger partial charge is 0.302 e. The molecule has 0 aliphatic rings. The third-order valence-corrected chi connectivity index (χ3v) is 3.97. The van der Waals surface area contributed by atoms with Crippen LogP contribution in [0.15, 0.2) is 36.5 Å². The molecule has 0 aliphatic heterocycles. The van der Waals surface area contributed by atoms with Crippen molar-refractivity contribution in [1.29, 1.82) is 5.26 Å². The number of pyridine rings is 1. The van der Waals surface area contributed by atoms with Crippen molar-refractivity contribution in [2.75, 3.05) is 0 Å². The van der Waals surface area contributed by atoms with E-state index < -0.39 is 0 Å². The molecular formula is C18H17N3. The highest BCUT2D eigenvalue weighted by Crippen LogP contribution is 2.27. The number of aromatic nitrogens is 2. The predicted molar refractivity (Wildman–Crippen MR) is 84.2 cm³/mol. The Morgan fingerprint density at radius 2 is 1.90 bits per heavy atom. The van der Waals surface area contributed by atoms with Crippen LogP contribution in [0.5, 0.6) is 0 Å². The van der Waals surface area contributed by atoms with E-state index in [1.165, 1.54) is 11.1 Å². The minimum absolute atomic E-state index is 0.354. The Morgan fingerprint density at radius 3 is 2.62 bits per heavy atom. The third kappa shape index (κ3) is 2.19. The molecule has 0 N–H and O–H groups in total. The second-order valence-corrected chi connectivity index (χ2v) is 5.43. The topological polar surface area (TPSA) is 41.1 Å². The van der Waals surface area contributed by atoms with Gasteiger partial charge in [-0.1, -0.05) is 18.2 Å². The van der Waals surface area contributed by atoms with Crippen LogP contribution in [0.25, 0.3) is 16.9 Å². The smallest absolute Gasteiger partial charge is 0.140 e. The minimum Gasteiger partial charge on any atom is -0.302 e. The maximum atomic E-state index is 9.15. The van der Waals surface area contributed by atoms with Crippen molar-refractivity contribution in [3.63, 3.8) is 0 Å². The quantitative estimate of drug-likeness (QED) is 0.709. The number of nitrogens with zero attached hydrogens (tertiary/aromatic N) is 3. The molecule has 0 atom stereocenters. The highest BCUT2D eigenvalue weighted by molar-refractivity contribution is 5.69. The van der Waals surface area contributed by atoms with Crippen molar-refractivity contribution in [2.24, 2.45) is 0 Å². The summed E-state index contributed by atoms with van der Waals surface area (Å²) in [6, 6.07) is 12.6. The van der Waals surface area contributed by atoms with Gasteiger partial charge >= 0.3 is 0 Å². The molecule has 0 bridgehead atoms. The molecule has 0 amide bonds. The molecule has 3 heteroatoms. The van der Waals surface area contributed by atoms with Gasteiger partial charge in [0.1, 0.15) is 5.65 Å². The van der Waals surface area contributed by atoms with E-state index in [2.05, 4.69) is 38.1 Å². The fourth-order valence-electron chi connectivity index (χ4n) is 2.62. The SMILES string of the molecule is Cc1ccc(-c2nc3c(C)cccn3c2CC#N)cc1C. The zero-order valence-electron chi connectivity index (χ0n) is 12.5. The van der Waals surface area contributed by atoms with Crippen LogP contribution in [0.1, 0.15) is 22.4 Å². The van der Waals surface area contributed by atoms with Gasteiger partial charge in [-0.3, -0.25) is 0 Å². The highest BCUT2D eigenvalue weighted by atomic mass is 15.0. The summed E-state index contributed by atoms with van der Waals surface area (Å²) >= 11 is 0. The average molecular weight is 275 g/mol. The van der Waals surface area contributed by atoms with Crippen LogP contribution >= 0.6 is 0 Å². The number of fused-ring (bicyclic) bond motifs is 1. The Labute approximate surface area is 124 Å². The zero-order valence-corrected chi connectivity index (χ0v) is 12.5. The number of hydrogen-bond acceptors (Lipinski definition) is 2. The van der Waals surface area contributed by atoms with Crippen LogP contribution in [-0.2, 0) is 6.42 Å². The van der Waals surface area contributed by atoms with E-state index in [-0.39, 0.29) is 0 Å². The van der Waals surface area contributed by atoms with Crippen molar-refractivity contribution in [1.82, 2.24) is 9.38 Å². The number of rotatable bonds is 2. The van der Waals surface area contributed by atoms with Crippen molar-refractivity contribution < 1.29 is 0 Å². The normalized spacial score (nSPS) is 10.8. The van der Waals surface area contributed by atoms with Gasteiger partial charge in [0.15, 0.2) is 0 Å². The van der Waals surface area contributed by atoms with Gasteiger partial charge < -0.3 is 4.40 Å². The Kier molecular flexibility index (Phi) is 3.23. The molecule has 0 spiro atoms. The summed E-state index contributed by atoms with van der Waals surface area (Å²) in [6.07, 6.45) is 2.33. The van der Waals surface area contributed by atoms with Gasteiger partial charge in [0.05, 0.1) is 23.9 Å². The molecule has 0 radical (unpaired) electrons. The van der Waals surface area contributed by atoms with Crippen LogP contribution in [0.4, 0.5) is 0 Å². The Bertz CT molecular complexity index is 866. The molecule has 104 valence electrons. The molecular weight excluding hydrogens is 258 g/mol. The summed E-state index contributed by atoms with van der Waals surface area (Å²) in [4.78, 5) is 4.78. The molecule has 0 fully saturated rings. The van der Waals surface area contributed by atoms with Gasteiger partial charge in [0.25, 0.3) is 0 Å². The van der Waals surface area contributed by atoms with Crippen LogP contribution in [0, 0.1) is 32.1 Å². The molecule has 3 aromatic rings. The van der Waals surface area contributed by atoms with E-state index in [4.69, 9.17) is 10.2 Å². The molecule has 0 saturated carbocycles. The number of benzene rings is 1. The lowest BCUT2D eigenvalue weighted by molar-refractivity contribution is 1.05. The fourth-order valence-corrected chi connectivity index (χ4v) is 2.62. The van der Waals surface area contributed by atoms with E-state index in [9.17, 15) is 0 Å². The standard InChI is InChI=1S/C18H17N3/c1-12-6-7-15(11-14(12)3)17-16(8-9-19)21-10-4-5-13(2)18(21)20-17/h4-7,10-11H,8H2,1-3H3. The van der Waals surface area contributed by atoms with Crippen LogP contribution in [0.3, 0.4) is 0 Å². The van der Waals surface area contributed by atoms with E-state index in [0.29, 0.717) is 6.42 Å². The van der Waals surface area contributed by atoms with E-state index in [1.807, 2.05) is 29.7 Å².